The lowest BCUT2D eigenvalue weighted by Crippen LogP contribution is -2.20. The van der Waals surface area contributed by atoms with Gasteiger partial charge < -0.3 is 9.30 Å². The number of nitrogens with zero attached hydrogens (tertiary/aromatic N) is 2. The van der Waals surface area contributed by atoms with Crippen LogP contribution in [-0.2, 0) is 11.3 Å². The first-order valence-corrected chi connectivity index (χ1v) is 8.70. The Morgan fingerprint density at radius 2 is 2.12 bits per heavy atom. The zero-order valence-corrected chi connectivity index (χ0v) is 14.6. The van der Waals surface area contributed by atoms with Gasteiger partial charge in [-0.2, -0.15) is 0 Å². The number of fused-ring (bicyclic) bond motifs is 1. The summed E-state index contributed by atoms with van der Waals surface area (Å²) in [7, 11) is 0. The molecule has 0 bridgehead atoms. The standard InChI is InChI=1S/C18H18N2O3S/c1-4-20-9-14(18(22)23-5-2)17(21)13-7-6-12(8-16(13)20)15-10-24-11(3)19-15/h6-10H,4-5H2,1-3H3. The largest absolute Gasteiger partial charge is 0.462 e. The molecule has 3 aromatic rings. The molecule has 5 nitrogen and oxygen atoms in total. The predicted octanol–water partition coefficient (Wildman–Crippen LogP) is 3.63. The summed E-state index contributed by atoms with van der Waals surface area (Å²) in [6, 6.07) is 5.58. The van der Waals surface area contributed by atoms with Gasteiger partial charge >= 0.3 is 5.97 Å². The number of pyridine rings is 1. The van der Waals surface area contributed by atoms with E-state index in [1.807, 2.05) is 35.9 Å². The van der Waals surface area contributed by atoms with Crippen LogP contribution in [0.1, 0.15) is 29.2 Å². The van der Waals surface area contributed by atoms with Gasteiger partial charge in [0.2, 0.25) is 5.43 Å². The average molecular weight is 342 g/mol. The molecule has 24 heavy (non-hydrogen) atoms. The van der Waals surface area contributed by atoms with Gasteiger partial charge in [0.25, 0.3) is 0 Å². The Kier molecular flexibility index (Phi) is 4.49. The maximum Gasteiger partial charge on any atom is 0.343 e. The molecule has 0 spiro atoms. The first-order chi connectivity index (χ1) is 11.5. The van der Waals surface area contributed by atoms with Crippen molar-refractivity contribution in [3.8, 4) is 11.3 Å². The summed E-state index contributed by atoms with van der Waals surface area (Å²) < 4.78 is 6.89. The maximum atomic E-state index is 12.6. The zero-order chi connectivity index (χ0) is 17.3. The number of aryl methyl sites for hydroxylation is 2. The maximum absolute atomic E-state index is 12.6. The molecule has 2 heterocycles. The van der Waals surface area contributed by atoms with Gasteiger partial charge in [-0.3, -0.25) is 4.79 Å². The molecule has 6 heteroatoms. The van der Waals surface area contributed by atoms with Crippen LogP contribution in [0, 0.1) is 6.92 Å². The van der Waals surface area contributed by atoms with Crippen LogP contribution in [0.5, 0.6) is 0 Å². The lowest BCUT2D eigenvalue weighted by Gasteiger charge is -2.12. The van der Waals surface area contributed by atoms with Crippen molar-refractivity contribution >= 4 is 28.2 Å². The molecule has 0 aliphatic heterocycles. The molecule has 124 valence electrons. The minimum atomic E-state index is -0.578. The van der Waals surface area contributed by atoms with E-state index in [0.29, 0.717) is 11.9 Å². The lowest BCUT2D eigenvalue weighted by atomic mass is 10.1. The van der Waals surface area contributed by atoms with E-state index < -0.39 is 5.97 Å². The van der Waals surface area contributed by atoms with E-state index in [-0.39, 0.29) is 17.6 Å². The van der Waals surface area contributed by atoms with Gasteiger partial charge in [-0.15, -0.1) is 11.3 Å². The van der Waals surface area contributed by atoms with Gasteiger partial charge in [0.05, 0.1) is 22.8 Å². The van der Waals surface area contributed by atoms with Gasteiger partial charge in [-0.25, -0.2) is 9.78 Å². The van der Waals surface area contributed by atoms with Crippen LogP contribution in [0.3, 0.4) is 0 Å². The molecular weight excluding hydrogens is 324 g/mol. The zero-order valence-electron chi connectivity index (χ0n) is 13.8. The fraction of sp³-hybridized carbons (Fsp3) is 0.278. The van der Waals surface area contributed by atoms with Gasteiger partial charge in [0.1, 0.15) is 5.56 Å². The Morgan fingerprint density at radius 1 is 1.33 bits per heavy atom. The Labute approximate surface area is 143 Å². The van der Waals surface area contributed by atoms with E-state index in [4.69, 9.17) is 4.74 Å². The number of thiazole rings is 1. The molecule has 0 aliphatic carbocycles. The number of aromatic nitrogens is 2. The summed E-state index contributed by atoms with van der Waals surface area (Å²) in [4.78, 5) is 29.2. The van der Waals surface area contributed by atoms with Crippen molar-refractivity contribution < 1.29 is 9.53 Å². The average Bonchev–Trinajstić information content (AvgIpc) is 3.01. The summed E-state index contributed by atoms with van der Waals surface area (Å²) in [6.45, 7) is 6.54. The fourth-order valence-electron chi connectivity index (χ4n) is 2.66. The number of carbonyl (C=O) groups excluding carboxylic acids is 1. The lowest BCUT2D eigenvalue weighted by molar-refractivity contribution is 0.0524. The molecule has 0 N–H and O–H groups in total. The van der Waals surface area contributed by atoms with Crippen molar-refractivity contribution in [1.82, 2.24) is 9.55 Å². The van der Waals surface area contributed by atoms with Crippen molar-refractivity contribution in [1.29, 1.82) is 0 Å². The minimum absolute atomic E-state index is 0.0726. The second-order valence-electron chi connectivity index (χ2n) is 5.36. The number of hydrogen-bond donors (Lipinski definition) is 0. The topological polar surface area (TPSA) is 61.2 Å². The van der Waals surface area contributed by atoms with Gasteiger partial charge in [0, 0.05) is 29.1 Å². The molecule has 0 unspecified atom stereocenters. The minimum Gasteiger partial charge on any atom is -0.462 e. The molecule has 0 amide bonds. The molecule has 0 atom stereocenters. The molecular formula is C18H18N2O3S. The highest BCUT2D eigenvalue weighted by molar-refractivity contribution is 7.09. The summed E-state index contributed by atoms with van der Waals surface area (Å²) in [5, 5.41) is 3.51. The predicted molar refractivity (Wildman–Crippen MR) is 95.7 cm³/mol. The Balaban J connectivity index is 2.22. The molecule has 0 fully saturated rings. The summed E-state index contributed by atoms with van der Waals surface area (Å²) in [5.74, 6) is -0.578. The molecule has 0 saturated heterocycles. The van der Waals surface area contributed by atoms with Crippen LogP contribution in [0.4, 0.5) is 0 Å². The molecule has 1 aromatic carbocycles. The molecule has 3 rings (SSSR count). The summed E-state index contributed by atoms with van der Waals surface area (Å²) >= 11 is 1.59. The van der Waals surface area contributed by atoms with E-state index in [1.54, 1.807) is 30.5 Å². The number of ether oxygens (including phenoxy) is 1. The first kappa shape index (κ1) is 16.4. The van der Waals surface area contributed by atoms with Crippen LogP contribution in [0.25, 0.3) is 22.2 Å². The van der Waals surface area contributed by atoms with E-state index in [1.165, 1.54) is 0 Å². The van der Waals surface area contributed by atoms with E-state index >= 15 is 0 Å². The second kappa shape index (κ2) is 6.57. The third kappa shape index (κ3) is 2.85. The third-order valence-electron chi connectivity index (χ3n) is 3.83. The van der Waals surface area contributed by atoms with Crippen molar-refractivity contribution in [2.24, 2.45) is 0 Å². The molecule has 2 aromatic heterocycles. The second-order valence-corrected chi connectivity index (χ2v) is 6.42. The van der Waals surface area contributed by atoms with Crippen molar-refractivity contribution in [2.75, 3.05) is 6.61 Å². The number of benzene rings is 1. The fourth-order valence-corrected chi connectivity index (χ4v) is 3.28. The van der Waals surface area contributed by atoms with Crippen molar-refractivity contribution in [3.63, 3.8) is 0 Å². The molecule has 0 saturated carbocycles. The number of esters is 1. The quantitative estimate of drug-likeness (QED) is 0.679. The van der Waals surface area contributed by atoms with Gasteiger partial charge in [-0.1, -0.05) is 6.07 Å². The van der Waals surface area contributed by atoms with E-state index in [2.05, 4.69) is 4.98 Å². The molecule has 0 radical (unpaired) electrons. The smallest absolute Gasteiger partial charge is 0.343 e. The summed E-state index contributed by atoms with van der Waals surface area (Å²) in [6.07, 6.45) is 1.58. The molecule has 0 aliphatic rings. The summed E-state index contributed by atoms with van der Waals surface area (Å²) in [5.41, 5.74) is 2.41. The highest BCUT2D eigenvalue weighted by atomic mass is 32.1. The highest BCUT2D eigenvalue weighted by Crippen LogP contribution is 2.25. The van der Waals surface area contributed by atoms with Gasteiger partial charge in [-0.05, 0) is 32.9 Å². The van der Waals surface area contributed by atoms with Crippen LogP contribution in [0.15, 0.2) is 34.6 Å². The van der Waals surface area contributed by atoms with Gasteiger partial charge in [0.15, 0.2) is 0 Å². The third-order valence-corrected chi connectivity index (χ3v) is 4.61. The number of hydrogen-bond acceptors (Lipinski definition) is 5. The first-order valence-electron chi connectivity index (χ1n) is 7.82. The Morgan fingerprint density at radius 3 is 2.75 bits per heavy atom. The van der Waals surface area contributed by atoms with Crippen LogP contribution >= 0.6 is 11.3 Å². The Bertz CT molecular complexity index is 972. The van der Waals surface area contributed by atoms with Crippen LogP contribution in [-0.4, -0.2) is 22.1 Å². The van der Waals surface area contributed by atoms with Crippen molar-refractivity contribution in [3.05, 3.63) is 50.6 Å². The number of rotatable bonds is 4. The van der Waals surface area contributed by atoms with Crippen LogP contribution in [0.2, 0.25) is 0 Å². The van der Waals surface area contributed by atoms with Crippen molar-refractivity contribution in [2.45, 2.75) is 27.3 Å². The highest BCUT2D eigenvalue weighted by Gasteiger charge is 2.16. The normalized spacial score (nSPS) is 11.0. The van der Waals surface area contributed by atoms with E-state index in [9.17, 15) is 9.59 Å². The van der Waals surface area contributed by atoms with Crippen LogP contribution < -0.4 is 5.43 Å². The van der Waals surface area contributed by atoms with E-state index in [0.717, 1.165) is 21.8 Å². The SMILES string of the molecule is CCOC(=O)c1cn(CC)c2cc(-c3csc(C)n3)ccc2c1=O. The Hall–Kier alpha value is -2.47. The number of carbonyl (C=O) groups is 1. The monoisotopic (exact) mass is 342 g/mol.